The fourth-order valence-electron chi connectivity index (χ4n) is 1.30. The molecule has 17 heavy (non-hydrogen) atoms. The van der Waals surface area contributed by atoms with Gasteiger partial charge in [-0.05, 0) is 19.3 Å². The Labute approximate surface area is 104 Å². The van der Waals surface area contributed by atoms with E-state index in [9.17, 15) is 9.59 Å². The lowest BCUT2D eigenvalue weighted by Gasteiger charge is -2.15. The molecule has 100 valence electrons. The van der Waals surface area contributed by atoms with Crippen LogP contribution >= 0.6 is 0 Å². The van der Waals surface area contributed by atoms with Gasteiger partial charge >= 0.3 is 11.9 Å². The molecule has 1 unspecified atom stereocenters. The molecule has 0 heterocycles. The number of esters is 2. The zero-order valence-electron chi connectivity index (χ0n) is 11.2. The highest BCUT2D eigenvalue weighted by Crippen LogP contribution is 2.08. The van der Waals surface area contributed by atoms with Crippen molar-refractivity contribution in [1.82, 2.24) is 0 Å². The van der Waals surface area contributed by atoms with Crippen LogP contribution < -0.4 is 0 Å². The first-order chi connectivity index (χ1) is 8.13. The molecule has 0 spiro atoms. The van der Waals surface area contributed by atoms with E-state index < -0.39 is 0 Å². The number of hydrogen-bond donors (Lipinski definition) is 0. The normalized spacial score (nSPS) is 11.9. The van der Waals surface area contributed by atoms with Gasteiger partial charge in [0.15, 0.2) is 0 Å². The monoisotopic (exact) mass is 244 g/mol. The van der Waals surface area contributed by atoms with Crippen molar-refractivity contribution in [2.75, 3.05) is 6.61 Å². The summed E-state index contributed by atoms with van der Waals surface area (Å²) in [6.45, 7) is 6.28. The standard InChI is InChI=1S/C13H24O4/c1-4-7-8-12(14)17-11(6-3)10-13(15)16-9-5-2/h11H,4-10H2,1-3H3. The Morgan fingerprint density at radius 1 is 1.06 bits per heavy atom. The van der Waals surface area contributed by atoms with E-state index in [1.54, 1.807) is 0 Å². The lowest BCUT2D eigenvalue weighted by molar-refractivity contribution is -0.155. The second-order valence-corrected chi connectivity index (χ2v) is 4.05. The first kappa shape index (κ1) is 15.9. The van der Waals surface area contributed by atoms with Crippen LogP contribution in [-0.2, 0) is 19.1 Å². The van der Waals surface area contributed by atoms with Gasteiger partial charge in [-0.3, -0.25) is 9.59 Å². The Morgan fingerprint density at radius 3 is 2.29 bits per heavy atom. The minimum Gasteiger partial charge on any atom is -0.466 e. The van der Waals surface area contributed by atoms with E-state index in [0.717, 1.165) is 19.3 Å². The van der Waals surface area contributed by atoms with E-state index in [4.69, 9.17) is 9.47 Å². The van der Waals surface area contributed by atoms with Crippen LogP contribution in [0.4, 0.5) is 0 Å². The molecule has 0 aliphatic carbocycles. The van der Waals surface area contributed by atoms with Gasteiger partial charge in [0.1, 0.15) is 6.10 Å². The first-order valence-corrected chi connectivity index (χ1v) is 6.49. The number of ether oxygens (including phenoxy) is 2. The average molecular weight is 244 g/mol. The summed E-state index contributed by atoms with van der Waals surface area (Å²) < 4.78 is 10.2. The number of carbonyl (C=O) groups excluding carboxylic acids is 2. The molecule has 0 saturated heterocycles. The SMILES string of the molecule is CCCCC(=O)OC(CC)CC(=O)OCCC. The summed E-state index contributed by atoms with van der Waals surface area (Å²) in [5.74, 6) is -0.510. The molecule has 0 saturated carbocycles. The summed E-state index contributed by atoms with van der Waals surface area (Å²) in [4.78, 5) is 22.7. The molecule has 0 N–H and O–H groups in total. The van der Waals surface area contributed by atoms with Crippen molar-refractivity contribution in [3.8, 4) is 0 Å². The average Bonchev–Trinajstić information content (AvgIpc) is 2.32. The molecule has 4 heteroatoms. The molecule has 0 rings (SSSR count). The summed E-state index contributed by atoms with van der Waals surface area (Å²) >= 11 is 0. The van der Waals surface area contributed by atoms with Crippen LogP contribution in [0.2, 0.25) is 0 Å². The minimum atomic E-state index is -0.344. The highest BCUT2D eigenvalue weighted by atomic mass is 16.6. The third-order valence-corrected chi connectivity index (χ3v) is 2.35. The second-order valence-electron chi connectivity index (χ2n) is 4.05. The topological polar surface area (TPSA) is 52.6 Å². The molecule has 0 aromatic heterocycles. The highest BCUT2D eigenvalue weighted by Gasteiger charge is 2.17. The quantitative estimate of drug-likeness (QED) is 0.585. The van der Waals surface area contributed by atoms with Crippen LogP contribution in [0, 0.1) is 0 Å². The van der Waals surface area contributed by atoms with Crippen molar-refractivity contribution in [2.24, 2.45) is 0 Å². The molecule has 0 aliphatic heterocycles. The van der Waals surface area contributed by atoms with Gasteiger partial charge in [0.05, 0.1) is 13.0 Å². The van der Waals surface area contributed by atoms with Crippen LogP contribution in [-0.4, -0.2) is 24.6 Å². The van der Waals surface area contributed by atoms with Gasteiger partial charge in [0.2, 0.25) is 0 Å². The minimum absolute atomic E-state index is 0.161. The van der Waals surface area contributed by atoms with E-state index in [2.05, 4.69) is 0 Å². The lowest BCUT2D eigenvalue weighted by atomic mass is 10.2. The summed E-state index contributed by atoms with van der Waals surface area (Å²) in [6, 6.07) is 0. The van der Waals surface area contributed by atoms with Crippen LogP contribution in [0.3, 0.4) is 0 Å². The second kappa shape index (κ2) is 10.1. The van der Waals surface area contributed by atoms with Gasteiger partial charge in [-0.1, -0.05) is 27.2 Å². The molecule has 0 fully saturated rings. The summed E-state index contributed by atoms with van der Waals surface area (Å²) in [5.41, 5.74) is 0. The maximum Gasteiger partial charge on any atom is 0.309 e. The summed E-state index contributed by atoms with van der Waals surface area (Å²) in [6.07, 6.45) is 3.48. The molecule has 0 radical (unpaired) electrons. The van der Waals surface area contributed by atoms with Crippen molar-refractivity contribution >= 4 is 11.9 Å². The molecular formula is C13H24O4. The van der Waals surface area contributed by atoms with E-state index in [-0.39, 0.29) is 24.5 Å². The summed E-state index contributed by atoms with van der Waals surface area (Å²) in [5, 5.41) is 0. The maximum absolute atomic E-state index is 11.4. The molecule has 0 aromatic carbocycles. The molecule has 1 atom stereocenters. The third kappa shape index (κ3) is 8.72. The molecule has 0 aromatic rings. The van der Waals surface area contributed by atoms with E-state index in [1.165, 1.54) is 0 Å². The molecule has 4 nitrogen and oxygen atoms in total. The van der Waals surface area contributed by atoms with E-state index >= 15 is 0 Å². The van der Waals surface area contributed by atoms with Crippen molar-refractivity contribution in [1.29, 1.82) is 0 Å². The predicted molar refractivity (Wildman–Crippen MR) is 65.6 cm³/mol. The Bertz CT molecular complexity index is 203. The fourth-order valence-corrected chi connectivity index (χ4v) is 1.30. The Hall–Kier alpha value is -1.06. The number of carbonyl (C=O) groups is 2. The van der Waals surface area contributed by atoms with Gasteiger partial charge < -0.3 is 9.47 Å². The zero-order chi connectivity index (χ0) is 13.1. The summed E-state index contributed by atoms with van der Waals surface area (Å²) in [7, 11) is 0. The lowest BCUT2D eigenvalue weighted by Crippen LogP contribution is -2.22. The number of rotatable bonds is 9. The van der Waals surface area contributed by atoms with Crippen molar-refractivity contribution in [3.05, 3.63) is 0 Å². The van der Waals surface area contributed by atoms with Crippen molar-refractivity contribution in [2.45, 2.75) is 65.4 Å². The van der Waals surface area contributed by atoms with Gasteiger partial charge in [0.25, 0.3) is 0 Å². The molecule has 0 amide bonds. The first-order valence-electron chi connectivity index (χ1n) is 6.49. The number of hydrogen-bond acceptors (Lipinski definition) is 4. The fraction of sp³-hybridized carbons (Fsp3) is 0.846. The Kier molecular flexibility index (Phi) is 9.49. The van der Waals surface area contributed by atoms with Crippen LogP contribution in [0.15, 0.2) is 0 Å². The Balaban J connectivity index is 3.89. The smallest absolute Gasteiger partial charge is 0.309 e. The predicted octanol–water partition coefficient (Wildman–Crippen LogP) is 2.84. The highest BCUT2D eigenvalue weighted by molar-refractivity contribution is 5.72. The molecule has 0 aliphatic rings. The van der Waals surface area contributed by atoms with E-state index in [1.807, 2.05) is 20.8 Å². The van der Waals surface area contributed by atoms with Gasteiger partial charge in [-0.25, -0.2) is 0 Å². The van der Waals surface area contributed by atoms with Gasteiger partial charge in [-0.2, -0.15) is 0 Å². The molecule has 0 bridgehead atoms. The molecular weight excluding hydrogens is 220 g/mol. The Morgan fingerprint density at radius 2 is 1.76 bits per heavy atom. The third-order valence-electron chi connectivity index (χ3n) is 2.35. The van der Waals surface area contributed by atoms with E-state index in [0.29, 0.717) is 19.4 Å². The van der Waals surface area contributed by atoms with Crippen molar-refractivity contribution in [3.63, 3.8) is 0 Å². The van der Waals surface area contributed by atoms with Crippen LogP contribution in [0.25, 0.3) is 0 Å². The van der Waals surface area contributed by atoms with Crippen LogP contribution in [0.1, 0.15) is 59.3 Å². The van der Waals surface area contributed by atoms with Gasteiger partial charge in [0, 0.05) is 6.42 Å². The van der Waals surface area contributed by atoms with Gasteiger partial charge in [-0.15, -0.1) is 0 Å². The largest absolute Gasteiger partial charge is 0.466 e. The van der Waals surface area contributed by atoms with Crippen LogP contribution in [0.5, 0.6) is 0 Å². The number of unbranched alkanes of at least 4 members (excludes halogenated alkanes) is 1. The van der Waals surface area contributed by atoms with Crippen molar-refractivity contribution < 1.29 is 19.1 Å². The maximum atomic E-state index is 11.4. The zero-order valence-corrected chi connectivity index (χ0v) is 11.2.